The van der Waals surface area contributed by atoms with Gasteiger partial charge in [-0.25, -0.2) is 0 Å². The molecule has 3 heteroatoms. The molecule has 1 aliphatic heterocycles. The van der Waals surface area contributed by atoms with Gasteiger partial charge in [0.1, 0.15) is 0 Å². The van der Waals surface area contributed by atoms with Crippen molar-refractivity contribution in [2.24, 2.45) is 0 Å². The van der Waals surface area contributed by atoms with Crippen LogP contribution in [0.3, 0.4) is 0 Å². The van der Waals surface area contributed by atoms with Crippen LogP contribution in [0.4, 0.5) is 0 Å². The third-order valence-corrected chi connectivity index (χ3v) is 3.00. The van der Waals surface area contributed by atoms with Crippen LogP contribution in [0.1, 0.15) is 22.7 Å². The molecule has 0 fully saturated rings. The Hall–Kier alpha value is -1.77. The zero-order chi connectivity index (χ0) is 10.4. The van der Waals surface area contributed by atoms with Gasteiger partial charge in [0.15, 0.2) is 6.54 Å². The zero-order valence-electron chi connectivity index (χ0n) is 8.53. The number of aromatic nitrogens is 1. The highest BCUT2D eigenvalue weighted by molar-refractivity contribution is 5.32. The van der Waals surface area contributed by atoms with E-state index < -0.39 is 0 Å². The summed E-state index contributed by atoms with van der Waals surface area (Å²) in [5, 5.41) is 9.62. The van der Waals surface area contributed by atoms with Crippen molar-refractivity contribution >= 4 is 0 Å². The van der Waals surface area contributed by atoms with Crippen LogP contribution in [0.2, 0.25) is 0 Å². The van der Waals surface area contributed by atoms with E-state index >= 15 is 0 Å². The Balaban J connectivity index is 2.16. The fourth-order valence-corrected chi connectivity index (χ4v) is 2.17. The van der Waals surface area contributed by atoms with Gasteiger partial charge < -0.3 is 9.52 Å². The van der Waals surface area contributed by atoms with Crippen molar-refractivity contribution < 1.29 is 14.1 Å². The molecule has 1 N–H and O–H groups in total. The predicted octanol–water partition coefficient (Wildman–Crippen LogP) is 1.53. The van der Waals surface area contributed by atoms with E-state index in [4.69, 9.17) is 4.42 Å². The molecule has 1 aromatic heterocycles. The van der Waals surface area contributed by atoms with Gasteiger partial charge in [0.25, 0.3) is 5.69 Å². The molecule has 3 rings (SSSR count). The molecule has 0 saturated carbocycles. The summed E-state index contributed by atoms with van der Waals surface area (Å²) in [5.74, 6) is 0.819. The van der Waals surface area contributed by atoms with Gasteiger partial charge >= 0.3 is 11.8 Å². The molecule has 1 aliphatic rings. The first-order chi connectivity index (χ1) is 7.25. The van der Waals surface area contributed by atoms with Gasteiger partial charge in [0.2, 0.25) is 0 Å². The maximum absolute atomic E-state index is 9.62. The molecule has 0 atom stereocenters. The monoisotopic (exact) mass is 202 g/mol. The molecule has 15 heavy (non-hydrogen) atoms. The van der Waals surface area contributed by atoms with E-state index in [1.54, 1.807) is 0 Å². The number of nitrogens with zero attached hydrogens (tertiary/aromatic N) is 1. The Morgan fingerprint density at radius 2 is 2.00 bits per heavy atom. The van der Waals surface area contributed by atoms with Gasteiger partial charge in [-0.1, -0.05) is 24.3 Å². The maximum Gasteiger partial charge on any atom is 0.357 e. The largest absolute Gasteiger partial charge is 0.476 e. The standard InChI is InChI=1S/C12H11NO2/c1-8-13-7-10-5-3-2-4-9(10)6-11(13)12(14)15-8/h2-5H,6-7H2,1H3/p+1. The molecule has 0 aliphatic carbocycles. The zero-order valence-corrected chi connectivity index (χ0v) is 8.53. The van der Waals surface area contributed by atoms with Gasteiger partial charge in [-0.05, 0) is 5.56 Å². The summed E-state index contributed by atoms with van der Waals surface area (Å²) >= 11 is 0. The molecule has 0 saturated heterocycles. The minimum Gasteiger partial charge on any atom is -0.476 e. The van der Waals surface area contributed by atoms with Crippen LogP contribution in [0.25, 0.3) is 0 Å². The fraction of sp³-hybridized carbons (Fsp3) is 0.250. The van der Waals surface area contributed by atoms with Gasteiger partial charge in [-0.3, -0.25) is 0 Å². The molecule has 2 heterocycles. The number of fused-ring (bicyclic) bond motifs is 2. The minimum absolute atomic E-state index is 0.0574. The van der Waals surface area contributed by atoms with Crippen LogP contribution in [0.5, 0.6) is 5.95 Å². The molecule has 0 radical (unpaired) electrons. The average molecular weight is 202 g/mol. The minimum atomic E-state index is 0.0574. The normalized spacial score (nSPS) is 13.4. The van der Waals surface area contributed by atoms with Crippen molar-refractivity contribution in [3.63, 3.8) is 0 Å². The van der Waals surface area contributed by atoms with Gasteiger partial charge in [-0.15, -0.1) is 0 Å². The summed E-state index contributed by atoms with van der Waals surface area (Å²) in [6.07, 6.45) is 0.749. The lowest BCUT2D eigenvalue weighted by Gasteiger charge is -2.10. The Kier molecular flexibility index (Phi) is 1.63. The quantitative estimate of drug-likeness (QED) is 0.561. The van der Waals surface area contributed by atoms with Gasteiger partial charge in [0, 0.05) is 5.56 Å². The average Bonchev–Trinajstić information content (AvgIpc) is 2.52. The number of benzene rings is 1. The molecule has 0 amide bonds. The van der Waals surface area contributed by atoms with Crippen LogP contribution in [0.15, 0.2) is 28.7 Å². The molecule has 1 aromatic carbocycles. The summed E-state index contributed by atoms with van der Waals surface area (Å²) in [6.45, 7) is 2.67. The fourth-order valence-electron chi connectivity index (χ4n) is 2.17. The van der Waals surface area contributed by atoms with Gasteiger partial charge in [-0.2, -0.15) is 4.57 Å². The second-order valence-electron chi connectivity index (χ2n) is 3.90. The molecule has 3 nitrogen and oxygen atoms in total. The van der Waals surface area contributed by atoms with E-state index in [2.05, 4.69) is 12.1 Å². The van der Waals surface area contributed by atoms with Crippen LogP contribution < -0.4 is 4.57 Å². The lowest BCUT2D eigenvalue weighted by atomic mass is 9.99. The molecular formula is C12H12NO2+. The number of hydrogen-bond donors (Lipinski definition) is 1. The predicted molar refractivity (Wildman–Crippen MR) is 53.7 cm³/mol. The molecule has 0 unspecified atom stereocenters. The first-order valence-corrected chi connectivity index (χ1v) is 5.03. The summed E-state index contributed by atoms with van der Waals surface area (Å²) in [6, 6.07) is 8.29. The Labute approximate surface area is 87.6 Å². The lowest BCUT2D eigenvalue weighted by molar-refractivity contribution is -0.706. The van der Waals surface area contributed by atoms with E-state index in [1.807, 2.05) is 23.6 Å². The van der Waals surface area contributed by atoms with E-state index in [0.717, 1.165) is 24.6 Å². The first kappa shape index (κ1) is 8.53. The van der Waals surface area contributed by atoms with Crippen molar-refractivity contribution in [3.8, 4) is 5.95 Å². The van der Waals surface area contributed by atoms with Crippen molar-refractivity contribution in [1.82, 2.24) is 0 Å². The summed E-state index contributed by atoms with van der Waals surface area (Å²) in [4.78, 5) is 0. The van der Waals surface area contributed by atoms with Crippen molar-refractivity contribution in [1.29, 1.82) is 0 Å². The molecule has 0 bridgehead atoms. The SMILES string of the molecule is Cc1oc(O)c2[n+]1Cc1ccccc1C2. The number of oxazole rings is 1. The Morgan fingerprint density at radius 3 is 2.80 bits per heavy atom. The first-order valence-electron chi connectivity index (χ1n) is 5.03. The number of aryl methyl sites for hydroxylation is 1. The van der Waals surface area contributed by atoms with Crippen molar-refractivity contribution in [2.45, 2.75) is 19.9 Å². The van der Waals surface area contributed by atoms with Gasteiger partial charge in [0.05, 0.1) is 13.3 Å². The Morgan fingerprint density at radius 1 is 1.27 bits per heavy atom. The van der Waals surface area contributed by atoms with E-state index in [-0.39, 0.29) is 5.95 Å². The van der Waals surface area contributed by atoms with E-state index in [0.29, 0.717) is 0 Å². The molecular weight excluding hydrogens is 190 g/mol. The van der Waals surface area contributed by atoms with Crippen LogP contribution in [0, 0.1) is 6.92 Å². The van der Waals surface area contributed by atoms with Crippen LogP contribution >= 0.6 is 0 Å². The summed E-state index contributed by atoms with van der Waals surface area (Å²) in [5.41, 5.74) is 3.46. The number of rotatable bonds is 0. The molecule has 0 spiro atoms. The summed E-state index contributed by atoms with van der Waals surface area (Å²) in [7, 11) is 0. The molecule has 76 valence electrons. The third-order valence-electron chi connectivity index (χ3n) is 3.00. The number of aromatic hydroxyl groups is 1. The topological polar surface area (TPSA) is 37.3 Å². The van der Waals surface area contributed by atoms with Crippen LogP contribution in [-0.2, 0) is 13.0 Å². The maximum atomic E-state index is 9.62. The van der Waals surface area contributed by atoms with E-state index in [9.17, 15) is 5.11 Å². The third kappa shape index (κ3) is 1.16. The smallest absolute Gasteiger partial charge is 0.357 e. The van der Waals surface area contributed by atoms with Crippen molar-refractivity contribution in [2.75, 3.05) is 0 Å². The second kappa shape index (κ2) is 2.86. The number of hydrogen-bond acceptors (Lipinski definition) is 2. The highest BCUT2D eigenvalue weighted by atomic mass is 16.5. The highest BCUT2D eigenvalue weighted by Crippen LogP contribution is 2.25. The second-order valence-corrected chi connectivity index (χ2v) is 3.90. The summed E-state index contributed by atoms with van der Waals surface area (Å²) < 4.78 is 7.24. The Bertz CT molecular complexity index is 483. The lowest BCUT2D eigenvalue weighted by Crippen LogP contribution is -2.42. The van der Waals surface area contributed by atoms with Crippen LogP contribution in [-0.4, -0.2) is 5.11 Å². The van der Waals surface area contributed by atoms with Crippen molar-refractivity contribution in [3.05, 3.63) is 47.0 Å². The molecule has 2 aromatic rings. The highest BCUT2D eigenvalue weighted by Gasteiger charge is 2.31. The van der Waals surface area contributed by atoms with E-state index in [1.165, 1.54) is 11.1 Å².